The smallest absolute Gasteiger partial charge is 0.0909 e. The number of allylic oxidation sites excluding steroid dienone is 1. The van der Waals surface area contributed by atoms with Gasteiger partial charge in [0.2, 0.25) is 0 Å². The van der Waals surface area contributed by atoms with Gasteiger partial charge in [0.05, 0.1) is 11.7 Å². The van der Waals surface area contributed by atoms with Crippen LogP contribution in [-0.4, -0.2) is 23.4 Å². The zero-order valence-electron chi connectivity index (χ0n) is 9.75. The highest BCUT2D eigenvalue weighted by atomic mass is 16.5. The van der Waals surface area contributed by atoms with Gasteiger partial charge in [-0.15, -0.1) is 6.58 Å². The van der Waals surface area contributed by atoms with Gasteiger partial charge in [-0.05, 0) is 39.5 Å². The lowest BCUT2D eigenvalue weighted by Gasteiger charge is -2.33. The molecule has 0 aliphatic heterocycles. The zero-order chi connectivity index (χ0) is 11.0. The van der Waals surface area contributed by atoms with Crippen molar-refractivity contribution in [1.82, 2.24) is 0 Å². The van der Waals surface area contributed by atoms with Gasteiger partial charge in [0.1, 0.15) is 0 Å². The van der Waals surface area contributed by atoms with Crippen LogP contribution in [0.4, 0.5) is 0 Å². The summed E-state index contributed by atoms with van der Waals surface area (Å²) in [5, 5.41) is 9.97. The Morgan fingerprint density at radius 2 is 2.14 bits per heavy atom. The molecule has 0 saturated carbocycles. The van der Waals surface area contributed by atoms with Gasteiger partial charge in [-0.1, -0.05) is 13.0 Å². The van der Waals surface area contributed by atoms with Crippen molar-refractivity contribution < 1.29 is 9.84 Å². The maximum atomic E-state index is 9.97. The van der Waals surface area contributed by atoms with E-state index in [1.165, 1.54) is 0 Å². The van der Waals surface area contributed by atoms with Gasteiger partial charge >= 0.3 is 0 Å². The minimum Gasteiger partial charge on any atom is -0.390 e. The van der Waals surface area contributed by atoms with E-state index in [0.717, 1.165) is 25.7 Å². The van der Waals surface area contributed by atoms with Gasteiger partial charge in [-0.3, -0.25) is 0 Å². The third-order valence-corrected chi connectivity index (χ3v) is 2.77. The van der Waals surface area contributed by atoms with E-state index in [1.54, 1.807) is 0 Å². The number of aliphatic hydroxyl groups is 1. The first-order valence-electron chi connectivity index (χ1n) is 5.53. The summed E-state index contributed by atoms with van der Waals surface area (Å²) >= 11 is 0. The minimum atomic E-state index is -0.379. The molecule has 0 aromatic carbocycles. The standard InChI is InChI=1S/C12H24O2/c1-5-8-9-10-11(13)12(4,6-2)14-7-3/h5,11,13H,1,6-10H2,2-4H3. The molecular weight excluding hydrogens is 176 g/mol. The molecule has 14 heavy (non-hydrogen) atoms. The van der Waals surface area contributed by atoms with Crippen molar-refractivity contribution >= 4 is 0 Å². The summed E-state index contributed by atoms with van der Waals surface area (Å²) in [6.45, 7) is 10.3. The van der Waals surface area contributed by atoms with E-state index >= 15 is 0 Å². The Morgan fingerprint density at radius 1 is 1.50 bits per heavy atom. The van der Waals surface area contributed by atoms with E-state index in [1.807, 2.05) is 26.8 Å². The molecule has 2 unspecified atom stereocenters. The van der Waals surface area contributed by atoms with Crippen molar-refractivity contribution in [3.8, 4) is 0 Å². The fourth-order valence-corrected chi connectivity index (χ4v) is 1.52. The zero-order valence-corrected chi connectivity index (χ0v) is 9.75. The summed E-state index contributed by atoms with van der Waals surface area (Å²) in [4.78, 5) is 0. The second-order valence-electron chi connectivity index (χ2n) is 3.83. The maximum absolute atomic E-state index is 9.97. The van der Waals surface area contributed by atoms with Crippen LogP contribution in [0.3, 0.4) is 0 Å². The fraction of sp³-hybridized carbons (Fsp3) is 0.833. The summed E-state index contributed by atoms with van der Waals surface area (Å²) in [5.41, 5.74) is -0.379. The minimum absolute atomic E-state index is 0.368. The van der Waals surface area contributed by atoms with Crippen LogP contribution in [0.15, 0.2) is 12.7 Å². The van der Waals surface area contributed by atoms with Crippen molar-refractivity contribution in [2.24, 2.45) is 0 Å². The van der Waals surface area contributed by atoms with Gasteiger partial charge in [0.15, 0.2) is 0 Å². The van der Waals surface area contributed by atoms with Gasteiger partial charge < -0.3 is 9.84 Å². The van der Waals surface area contributed by atoms with E-state index < -0.39 is 0 Å². The second kappa shape index (κ2) is 7.02. The largest absolute Gasteiger partial charge is 0.390 e. The van der Waals surface area contributed by atoms with E-state index in [4.69, 9.17) is 4.74 Å². The lowest BCUT2D eigenvalue weighted by molar-refractivity contribution is -0.113. The summed E-state index contributed by atoms with van der Waals surface area (Å²) in [6.07, 6.45) is 5.09. The molecule has 0 aromatic heterocycles. The Bertz CT molecular complexity index is 156. The first-order valence-corrected chi connectivity index (χ1v) is 5.53. The molecule has 84 valence electrons. The highest BCUT2D eigenvalue weighted by Gasteiger charge is 2.30. The second-order valence-corrected chi connectivity index (χ2v) is 3.83. The predicted octanol–water partition coefficient (Wildman–Crippen LogP) is 2.91. The third-order valence-electron chi connectivity index (χ3n) is 2.77. The van der Waals surface area contributed by atoms with E-state index in [2.05, 4.69) is 6.58 Å². The first-order chi connectivity index (χ1) is 6.60. The normalized spacial score (nSPS) is 17.4. The summed E-state index contributed by atoms with van der Waals surface area (Å²) < 4.78 is 5.60. The maximum Gasteiger partial charge on any atom is 0.0909 e. The molecular formula is C12H24O2. The lowest BCUT2D eigenvalue weighted by Crippen LogP contribution is -2.41. The predicted molar refractivity (Wildman–Crippen MR) is 60.4 cm³/mol. The molecule has 1 N–H and O–H groups in total. The Balaban J connectivity index is 4.01. The number of ether oxygens (including phenoxy) is 1. The molecule has 0 aromatic rings. The van der Waals surface area contributed by atoms with Crippen LogP contribution in [0.1, 0.15) is 46.5 Å². The molecule has 0 heterocycles. The Labute approximate surface area is 88.0 Å². The highest BCUT2D eigenvalue weighted by molar-refractivity contribution is 4.83. The van der Waals surface area contributed by atoms with Crippen molar-refractivity contribution in [3.63, 3.8) is 0 Å². The Kier molecular flexibility index (Phi) is 6.85. The Morgan fingerprint density at radius 3 is 2.57 bits per heavy atom. The van der Waals surface area contributed by atoms with Gasteiger partial charge in [0.25, 0.3) is 0 Å². The quantitative estimate of drug-likeness (QED) is 0.482. The van der Waals surface area contributed by atoms with Gasteiger partial charge in [-0.25, -0.2) is 0 Å². The average molecular weight is 200 g/mol. The average Bonchev–Trinajstić information content (AvgIpc) is 2.18. The highest BCUT2D eigenvalue weighted by Crippen LogP contribution is 2.23. The van der Waals surface area contributed by atoms with Crippen molar-refractivity contribution in [3.05, 3.63) is 12.7 Å². The number of rotatable bonds is 8. The molecule has 0 spiro atoms. The van der Waals surface area contributed by atoms with E-state index in [-0.39, 0.29) is 11.7 Å². The molecule has 0 fully saturated rings. The molecule has 2 nitrogen and oxygen atoms in total. The molecule has 2 heteroatoms. The molecule has 2 atom stereocenters. The van der Waals surface area contributed by atoms with Crippen molar-refractivity contribution in [2.45, 2.75) is 58.2 Å². The topological polar surface area (TPSA) is 29.5 Å². The van der Waals surface area contributed by atoms with Crippen LogP contribution in [0, 0.1) is 0 Å². The fourth-order valence-electron chi connectivity index (χ4n) is 1.52. The molecule has 0 amide bonds. The lowest BCUT2D eigenvalue weighted by atomic mass is 9.92. The Hall–Kier alpha value is -0.340. The van der Waals surface area contributed by atoms with Crippen molar-refractivity contribution in [1.29, 1.82) is 0 Å². The van der Waals surface area contributed by atoms with E-state index in [9.17, 15) is 5.11 Å². The van der Waals surface area contributed by atoms with Crippen LogP contribution in [0.5, 0.6) is 0 Å². The molecule has 0 radical (unpaired) electrons. The molecule has 0 rings (SSSR count). The van der Waals surface area contributed by atoms with Gasteiger partial charge in [0, 0.05) is 6.61 Å². The summed E-state index contributed by atoms with van der Waals surface area (Å²) in [5.74, 6) is 0. The molecule has 0 saturated heterocycles. The number of aliphatic hydroxyl groups excluding tert-OH is 1. The van der Waals surface area contributed by atoms with Crippen LogP contribution in [0.2, 0.25) is 0 Å². The number of hydrogen-bond donors (Lipinski definition) is 1. The van der Waals surface area contributed by atoms with Crippen LogP contribution in [-0.2, 0) is 4.74 Å². The van der Waals surface area contributed by atoms with Gasteiger partial charge in [-0.2, -0.15) is 0 Å². The molecule has 0 aliphatic rings. The summed E-state index contributed by atoms with van der Waals surface area (Å²) in [7, 11) is 0. The number of unbranched alkanes of at least 4 members (excludes halogenated alkanes) is 1. The van der Waals surface area contributed by atoms with Crippen LogP contribution >= 0.6 is 0 Å². The first kappa shape index (κ1) is 13.7. The molecule has 0 aliphatic carbocycles. The SMILES string of the molecule is C=CCCCC(O)C(C)(CC)OCC. The van der Waals surface area contributed by atoms with Crippen LogP contribution in [0.25, 0.3) is 0 Å². The molecule has 0 bridgehead atoms. The summed E-state index contributed by atoms with van der Waals surface area (Å²) in [6, 6.07) is 0. The van der Waals surface area contributed by atoms with Crippen molar-refractivity contribution in [2.75, 3.05) is 6.61 Å². The monoisotopic (exact) mass is 200 g/mol. The van der Waals surface area contributed by atoms with E-state index in [0.29, 0.717) is 6.61 Å². The number of hydrogen-bond acceptors (Lipinski definition) is 2. The third kappa shape index (κ3) is 4.25. The van der Waals surface area contributed by atoms with Crippen LogP contribution < -0.4 is 0 Å².